The van der Waals surface area contributed by atoms with Crippen molar-refractivity contribution in [3.8, 4) is 5.69 Å². The molecule has 0 radical (unpaired) electrons. The zero-order valence-corrected chi connectivity index (χ0v) is 16.5. The number of para-hydroxylation sites is 1. The minimum atomic E-state index is 0.0155. The number of thioether (sulfide) groups is 1. The van der Waals surface area contributed by atoms with Crippen LogP contribution in [0.2, 0.25) is 0 Å². The fourth-order valence-corrected chi connectivity index (χ4v) is 4.94. The van der Waals surface area contributed by atoms with Crippen LogP contribution in [0.5, 0.6) is 0 Å². The van der Waals surface area contributed by atoms with Gasteiger partial charge in [-0.3, -0.25) is 4.79 Å². The summed E-state index contributed by atoms with van der Waals surface area (Å²) in [4.78, 5) is 19.4. The molecule has 1 aromatic carbocycles. The predicted molar refractivity (Wildman–Crippen MR) is 108 cm³/mol. The zero-order chi connectivity index (χ0) is 18.5. The monoisotopic (exact) mass is 385 g/mol. The van der Waals surface area contributed by atoms with Gasteiger partial charge in [0.05, 0.1) is 17.9 Å². The molecule has 1 amide bonds. The molecule has 0 bridgehead atoms. The summed E-state index contributed by atoms with van der Waals surface area (Å²) in [6.07, 6.45) is 6.53. The quantitative estimate of drug-likeness (QED) is 0.810. The average molecular weight is 386 g/mol. The summed E-state index contributed by atoms with van der Waals surface area (Å²) in [6, 6.07) is 9.98. The highest BCUT2D eigenvalue weighted by Gasteiger charge is 2.30. The SMILES string of the molecule is O=C(c1cnn(-c2ccccc2)n1)N1CCCSCC1CN1CCCCC1. The maximum atomic E-state index is 13.2. The molecule has 4 rings (SSSR count). The van der Waals surface area contributed by atoms with E-state index < -0.39 is 0 Å². The molecule has 2 aliphatic heterocycles. The van der Waals surface area contributed by atoms with Gasteiger partial charge >= 0.3 is 0 Å². The molecular formula is C20H27N5OS. The third kappa shape index (κ3) is 4.52. The molecule has 3 heterocycles. The van der Waals surface area contributed by atoms with Crippen molar-refractivity contribution in [2.75, 3.05) is 37.7 Å². The van der Waals surface area contributed by atoms with Gasteiger partial charge in [0.2, 0.25) is 0 Å². The van der Waals surface area contributed by atoms with E-state index in [1.165, 1.54) is 19.3 Å². The Morgan fingerprint density at radius 1 is 1.07 bits per heavy atom. The highest BCUT2D eigenvalue weighted by Crippen LogP contribution is 2.21. The molecule has 0 aliphatic carbocycles. The van der Waals surface area contributed by atoms with E-state index in [-0.39, 0.29) is 11.9 Å². The first-order chi connectivity index (χ1) is 13.3. The predicted octanol–water partition coefficient (Wildman–Crippen LogP) is 2.70. The average Bonchev–Trinajstić information content (AvgIpc) is 3.10. The summed E-state index contributed by atoms with van der Waals surface area (Å²) in [5.74, 6) is 2.15. The van der Waals surface area contributed by atoms with E-state index in [1.807, 2.05) is 47.0 Å². The Morgan fingerprint density at radius 2 is 1.89 bits per heavy atom. The molecule has 2 aromatic rings. The fraction of sp³-hybridized carbons (Fsp3) is 0.550. The van der Waals surface area contributed by atoms with E-state index >= 15 is 0 Å². The summed E-state index contributed by atoms with van der Waals surface area (Å²) in [5, 5.41) is 8.77. The number of rotatable bonds is 4. The summed E-state index contributed by atoms with van der Waals surface area (Å²) >= 11 is 1.97. The van der Waals surface area contributed by atoms with Crippen molar-refractivity contribution in [3.05, 3.63) is 42.2 Å². The fourth-order valence-electron chi connectivity index (χ4n) is 3.88. The van der Waals surface area contributed by atoms with Crippen LogP contribution in [-0.4, -0.2) is 74.4 Å². The molecule has 0 spiro atoms. The highest BCUT2D eigenvalue weighted by atomic mass is 32.2. The van der Waals surface area contributed by atoms with Gasteiger partial charge in [-0.15, -0.1) is 5.10 Å². The number of nitrogens with zero attached hydrogens (tertiary/aromatic N) is 5. The third-order valence-electron chi connectivity index (χ3n) is 5.32. The standard InChI is InChI=1S/C20H27N5OS/c26-20(19-14-21-25(22-19)17-8-3-1-4-9-17)24-12-7-13-27-16-18(24)15-23-10-5-2-6-11-23/h1,3-4,8-9,14,18H,2,5-7,10-13,15-16H2. The summed E-state index contributed by atoms with van der Waals surface area (Å²) < 4.78 is 0. The first-order valence-corrected chi connectivity index (χ1v) is 11.1. The molecule has 144 valence electrons. The van der Waals surface area contributed by atoms with Crippen LogP contribution in [0.4, 0.5) is 0 Å². The number of benzene rings is 1. The Morgan fingerprint density at radius 3 is 2.70 bits per heavy atom. The Labute approximate surface area is 164 Å². The minimum Gasteiger partial charge on any atom is -0.332 e. The van der Waals surface area contributed by atoms with Crippen LogP contribution in [0.3, 0.4) is 0 Å². The smallest absolute Gasteiger partial charge is 0.276 e. The molecule has 0 saturated carbocycles. The highest BCUT2D eigenvalue weighted by molar-refractivity contribution is 7.99. The number of hydrogen-bond acceptors (Lipinski definition) is 5. The lowest BCUT2D eigenvalue weighted by molar-refractivity contribution is 0.0639. The second-order valence-corrected chi connectivity index (χ2v) is 8.45. The molecular weight excluding hydrogens is 358 g/mol. The second kappa shape index (κ2) is 8.89. The van der Waals surface area contributed by atoms with Gasteiger partial charge in [0, 0.05) is 18.8 Å². The number of amides is 1. The van der Waals surface area contributed by atoms with E-state index in [4.69, 9.17) is 0 Å². The van der Waals surface area contributed by atoms with E-state index in [9.17, 15) is 4.79 Å². The molecule has 1 aromatic heterocycles. The number of aromatic nitrogens is 3. The Kier molecular flexibility index (Phi) is 6.09. The number of carbonyl (C=O) groups is 1. The summed E-state index contributed by atoms with van der Waals surface area (Å²) in [7, 11) is 0. The van der Waals surface area contributed by atoms with Crippen LogP contribution in [0.1, 0.15) is 36.2 Å². The molecule has 7 heteroatoms. The van der Waals surface area contributed by atoms with Gasteiger partial charge in [-0.25, -0.2) is 0 Å². The molecule has 1 unspecified atom stereocenters. The van der Waals surface area contributed by atoms with Gasteiger partial charge in [0.25, 0.3) is 5.91 Å². The zero-order valence-electron chi connectivity index (χ0n) is 15.7. The Balaban J connectivity index is 1.50. The van der Waals surface area contributed by atoms with Gasteiger partial charge < -0.3 is 9.80 Å². The lowest BCUT2D eigenvalue weighted by atomic mass is 10.1. The molecule has 1 atom stereocenters. The van der Waals surface area contributed by atoms with Crippen molar-refractivity contribution in [2.45, 2.75) is 31.7 Å². The van der Waals surface area contributed by atoms with Crippen LogP contribution in [0.15, 0.2) is 36.5 Å². The summed E-state index contributed by atoms with van der Waals surface area (Å²) in [6.45, 7) is 4.11. The largest absolute Gasteiger partial charge is 0.332 e. The van der Waals surface area contributed by atoms with Gasteiger partial charge in [0.1, 0.15) is 0 Å². The van der Waals surface area contributed by atoms with Crippen LogP contribution in [0.25, 0.3) is 5.69 Å². The lowest BCUT2D eigenvalue weighted by Crippen LogP contribution is -2.49. The van der Waals surface area contributed by atoms with Crippen LogP contribution in [0, 0.1) is 0 Å². The third-order valence-corrected chi connectivity index (χ3v) is 6.51. The van der Waals surface area contributed by atoms with Gasteiger partial charge in [-0.1, -0.05) is 24.6 Å². The molecule has 2 saturated heterocycles. The minimum absolute atomic E-state index is 0.0155. The number of likely N-dealkylation sites (tertiary alicyclic amines) is 1. The molecule has 6 nitrogen and oxygen atoms in total. The van der Waals surface area contributed by atoms with Crippen molar-refractivity contribution >= 4 is 17.7 Å². The lowest BCUT2D eigenvalue weighted by Gasteiger charge is -2.35. The van der Waals surface area contributed by atoms with Crippen molar-refractivity contribution in [3.63, 3.8) is 0 Å². The van der Waals surface area contributed by atoms with Crippen LogP contribution < -0.4 is 0 Å². The van der Waals surface area contributed by atoms with E-state index in [0.29, 0.717) is 5.69 Å². The molecule has 27 heavy (non-hydrogen) atoms. The Hall–Kier alpha value is -1.86. The van der Waals surface area contributed by atoms with Crippen molar-refractivity contribution in [1.29, 1.82) is 0 Å². The second-order valence-electron chi connectivity index (χ2n) is 7.30. The van der Waals surface area contributed by atoms with Gasteiger partial charge in [0.15, 0.2) is 5.69 Å². The Bertz CT molecular complexity index is 744. The number of hydrogen-bond donors (Lipinski definition) is 0. The van der Waals surface area contributed by atoms with Gasteiger partial charge in [-0.05, 0) is 50.2 Å². The number of piperidine rings is 1. The molecule has 2 fully saturated rings. The van der Waals surface area contributed by atoms with Crippen molar-refractivity contribution in [2.24, 2.45) is 0 Å². The number of carbonyl (C=O) groups excluding carboxylic acids is 1. The molecule has 0 N–H and O–H groups in total. The van der Waals surface area contributed by atoms with E-state index in [1.54, 1.807) is 11.0 Å². The van der Waals surface area contributed by atoms with Crippen molar-refractivity contribution in [1.82, 2.24) is 24.8 Å². The first-order valence-electron chi connectivity index (χ1n) is 9.90. The maximum absolute atomic E-state index is 13.2. The first kappa shape index (κ1) is 18.5. The van der Waals surface area contributed by atoms with E-state index in [2.05, 4.69) is 15.1 Å². The maximum Gasteiger partial charge on any atom is 0.276 e. The topological polar surface area (TPSA) is 54.3 Å². The van der Waals surface area contributed by atoms with Crippen LogP contribution in [-0.2, 0) is 0 Å². The van der Waals surface area contributed by atoms with Crippen LogP contribution >= 0.6 is 11.8 Å². The summed E-state index contributed by atoms with van der Waals surface area (Å²) in [5.41, 5.74) is 1.31. The normalized spacial score (nSPS) is 21.8. The van der Waals surface area contributed by atoms with Gasteiger partial charge in [-0.2, -0.15) is 21.7 Å². The van der Waals surface area contributed by atoms with Crippen molar-refractivity contribution < 1.29 is 4.79 Å². The molecule has 2 aliphatic rings. The van der Waals surface area contributed by atoms with E-state index in [0.717, 1.165) is 49.8 Å².